The summed E-state index contributed by atoms with van der Waals surface area (Å²) in [5.41, 5.74) is 1.17. The summed E-state index contributed by atoms with van der Waals surface area (Å²) in [5, 5.41) is 1.60. The molecule has 1 amide bonds. The lowest BCUT2D eigenvalue weighted by Crippen LogP contribution is -2.38. The van der Waals surface area contributed by atoms with E-state index in [2.05, 4.69) is 10.8 Å². The number of carbonyl (C=O) groups is 1. The molecule has 0 bridgehead atoms. The van der Waals surface area contributed by atoms with Gasteiger partial charge in [-0.1, -0.05) is 18.2 Å². The fourth-order valence-electron chi connectivity index (χ4n) is 3.31. The highest BCUT2D eigenvalue weighted by molar-refractivity contribution is 7.12. The van der Waals surface area contributed by atoms with Crippen LogP contribution in [0, 0.1) is 5.92 Å². The molecule has 0 spiro atoms. The molecule has 1 aliphatic heterocycles. The molecule has 1 aromatic carbocycles. The van der Waals surface area contributed by atoms with Crippen LogP contribution in [-0.4, -0.2) is 37.6 Å². The standard InChI is InChI=1S/C19H21F2NO3S/c1-24-15-5-3-2-4-14(15)12-13-6-9-22(10-7-13)18(23)17-16(8-11-26-17)25-19(20)21/h2-5,8,11,13,19H,6-7,9-10,12H2,1H3. The van der Waals surface area contributed by atoms with Gasteiger partial charge in [0.25, 0.3) is 5.91 Å². The lowest BCUT2D eigenvalue weighted by atomic mass is 9.89. The lowest BCUT2D eigenvalue weighted by Gasteiger charge is -2.32. The number of para-hydroxylation sites is 1. The Kier molecular flexibility index (Phi) is 6.08. The van der Waals surface area contributed by atoms with Gasteiger partial charge in [-0.15, -0.1) is 11.3 Å². The molecule has 3 rings (SSSR count). The van der Waals surface area contributed by atoms with Crippen LogP contribution >= 0.6 is 11.3 Å². The molecule has 7 heteroatoms. The average Bonchev–Trinajstić information content (AvgIpc) is 3.09. The number of carbonyl (C=O) groups excluding carboxylic acids is 1. The number of hydrogen-bond acceptors (Lipinski definition) is 4. The largest absolute Gasteiger partial charge is 0.496 e. The van der Waals surface area contributed by atoms with Crippen LogP contribution < -0.4 is 9.47 Å². The van der Waals surface area contributed by atoms with E-state index in [-0.39, 0.29) is 16.5 Å². The van der Waals surface area contributed by atoms with Gasteiger partial charge < -0.3 is 14.4 Å². The van der Waals surface area contributed by atoms with Gasteiger partial charge in [-0.05, 0) is 48.3 Å². The number of benzene rings is 1. The summed E-state index contributed by atoms with van der Waals surface area (Å²) in [6.45, 7) is -1.70. The Morgan fingerprint density at radius 1 is 1.23 bits per heavy atom. The van der Waals surface area contributed by atoms with Crippen LogP contribution in [0.3, 0.4) is 0 Å². The lowest BCUT2D eigenvalue weighted by molar-refractivity contribution is -0.0499. The van der Waals surface area contributed by atoms with Gasteiger partial charge in [0.1, 0.15) is 16.4 Å². The third-order valence-electron chi connectivity index (χ3n) is 4.64. The van der Waals surface area contributed by atoms with Crippen molar-refractivity contribution in [2.45, 2.75) is 25.9 Å². The van der Waals surface area contributed by atoms with Gasteiger partial charge in [-0.25, -0.2) is 0 Å². The molecule has 0 unspecified atom stereocenters. The summed E-state index contributed by atoms with van der Waals surface area (Å²) >= 11 is 1.14. The van der Waals surface area contributed by atoms with E-state index < -0.39 is 6.61 Å². The third kappa shape index (κ3) is 4.33. The first-order chi connectivity index (χ1) is 12.6. The Balaban J connectivity index is 1.58. The highest BCUT2D eigenvalue weighted by Gasteiger charge is 2.27. The molecular formula is C19H21F2NO3S. The highest BCUT2D eigenvalue weighted by Crippen LogP contribution is 2.31. The fourth-order valence-corrected chi connectivity index (χ4v) is 4.10. The van der Waals surface area contributed by atoms with Crippen molar-refractivity contribution in [3.05, 3.63) is 46.2 Å². The van der Waals surface area contributed by atoms with Crippen LogP contribution in [0.1, 0.15) is 28.1 Å². The number of methoxy groups -OCH3 is 1. The fraction of sp³-hybridized carbons (Fsp3) is 0.421. The molecule has 2 heterocycles. The molecule has 1 fully saturated rings. The van der Waals surface area contributed by atoms with Gasteiger partial charge in [0.15, 0.2) is 0 Å². The Morgan fingerprint density at radius 2 is 1.96 bits per heavy atom. The smallest absolute Gasteiger partial charge is 0.387 e. The molecule has 1 aromatic heterocycles. The van der Waals surface area contributed by atoms with Crippen molar-refractivity contribution in [3.8, 4) is 11.5 Å². The summed E-state index contributed by atoms with van der Waals surface area (Å²) in [4.78, 5) is 14.6. The van der Waals surface area contributed by atoms with Crippen molar-refractivity contribution in [2.24, 2.45) is 5.92 Å². The van der Waals surface area contributed by atoms with Gasteiger partial charge >= 0.3 is 6.61 Å². The van der Waals surface area contributed by atoms with E-state index in [0.717, 1.165) is 36.3 Å². The van der Waals surface area contributed by atoms with E-state index in [4.69, 9.17) is 4.74 Å². The van der Waals surface area contributed by atoms with Crippen LogP contribution in [0.2, 0.25) is 0 Å². The van der Waals surface area contributed by atoms with E-state index in [1.54, 1.807) is 17.4 Å². The average molecular weight is 381 g/mol. The molecule has 0 N–H and O–H groups in total. The SMILES string of the molecule is COc1ccccc1CC1CCN(C(=O)c2sccc2OC(F)F)CC1. The number of hydrogen-bond donors (Lipinski definition) is 0. The van der Waals surface area contributed by atoms with Crippen molar-refractivity contribution >= 4 is 17.2 Å². The Labute approximate surface area is 155 Å². The van der Waals surface area contributed by atoms with Crippen LogP contribution in [0.25, 0.3) is 0 Å². The number of likely N-dealkylation sites (tertiary alicyclic amines) is 1. The first-order valence-corrected chi connectivity index (χ1v) is 9.40. The van der Waals surface area contributed by atoms with Crippen LogP contribution in [-0.2, 0) is 6.42 Å². The molecule has 1 aliphatic rings. The normalized spacial score (nSPS) is 15.3. The van der Waals surface area contributed by atoms with Gasteiger partial charge in [0.05, 0.1) is 7.11 Å². The molecule has 26 heavy (non-hydrogen) atoms. The first-order valence-electron chi connectivity index (χ1n) is 8.52. The van der Waals surface area contributed by atoms with Crippen molar-refractivity contribution in [2.75, 3.05) is 20.2 Å². The molecule has 0 saturated carbocycles. The number of alkyl halides is 2. The second kappa shape index (κ2) is 8.49. The number of halogens is 2. The molecule has 2 aromatic rings. The minimum Gasteiger partial charge on any atom is -0.496 e. The topological polar surface area (TPSA) is 38.8 Å². The third-order valence-corrected chi connectivity index (χ3v) is 5.53. The monoisotopic (exact) mass is 381 g/mol. The van der Waals surface area contributed by atoms with Crippen molar-refractivity contribution < 1.29 is 23.0 Å². The Hall–Kier alpha value is -2.15. The molecule has 0 radical (unpaired) electrons. The zero-order valence-electron chi connectivity index (χ0n) is 14.5. The van der Waals surface area contributed by atoms with E-state index in [1.165, 1.54) is 11.6 Å². The molecule has 4 nitrogen and oxygen atoms in total. The zero-order chi connectivity index (χ0) is 18.5. The Morgan fingerprint density at radius 3 is 2.65 bits per heavy atom. The van der Waals surface area contributed by atoms with E-state index >= 15 is 0 Å². The van der Waals surface area contributed by atoms with Crippen LogP contribution in [0.15, 0.2) is 35.7 Å². The second-order valence-corrected chi connectivity index (χ2v) is 7.16. The number of thiophene rings is 1. The van der Waals surface area contributed by atoms with Crippen LogP contribution in [0.4, 0.5) is 8.78 Å². The van der Waals surface area contributed by atoms with Crippen molar-refractivity contribution in [1.82, 2.24) is 4.90 Å². The predicted molar refractivity (Wildman–Crippen MR) is 96.3 cm³/mol. The molecular weight excluding hydrogens is 360 g/mol. The maximum Gasteiger partial charge on any atom is 0.387 e. The van der Waals surface area contributed by atoms with Gasteiger partial charge in [-0.3, -0.25) is 4.79 Å². The van der Waals surface area contributed by atoms with E-state index in [0.29, 0.717) is 19.0 Å². The summed E-state index contributed by atoms with van der Waals surface area (Å²) in [5.74, 6) is 1.09. The maximum atomic E-state index is 12.6. The number of ether oxygens (including phenoxy) is 2. The van der Waals surface area contributed by atoms with E-state index in [1.807, 2.05) is 18.2 Å². The molecule has 0 aliphatic carbocycles. The number of piperidine rings is 1. The summed E-state index contributed by atoms with van der Waals surface area (Å²) < 4.78 is 34.7. The molecule has 0 atom stereocenters. The van der Waals surface area contributed by atoms with Crippen LogP contribution in [0.5, 0.6) is 11.5 Å². The molecule has 140 valence electrons. The second-order valence-electron chi connectivity index (χ2n) is 6.24. The van der Waals surface area contributed by atoms with Crippen molar-refractivity contribution in [3.63, 3.8) is 0 Å². The van der Waals surface area contributed by atoms with Gasteiger partial charge in [0, 0.05) is 13.1 Å². The van der Waals surface area contributed by atoms with Gasteiger partial charge in [0.2, 0.25) is 0 Å². The van der Waals surface area contributed by atoms with Gasteiger partial charge in [-0.2, -0.15) is 8.78 Å². The summed E-state index contributed by atoms with van der Waals surface area (Å²) in [6, 6.07) is 9.38. The maximum absolute atomic E-state index is 12.6. The predicted octanol–water partition coefficient (Wildman–Crippen LogP) is 4.45. The number of amides is 1. The summed E-state index contributed by atoms with van der Waals surface area (Å²) in [6.07, 6.45) is 2.66. The zero-order valence-corrected chi connectivity index (χ0v) is 15.3. The minimum absolute atomic E-state index is 0.0360. The minimum atomic E-state index is -2.93. The number of nitrogens with zero attached hydrogens (tertiary/aromatic N) is 1. The molecule has 1 saturated heterocycles. The summed E-state index contributed by atoms with van der Waals surface area (Å²) in [7, 11) is 1.67. The van der Waals surface area contributed by atoms with E-state index in [9.17, 15) is 13.6 Å². The Bertz CT molecular complexity index is 742. The highest BCUT2D eigenvalue weighted by atomic mass is 32.1. The quantitative estimate of drug-likeness (QED) is 0.742. The first kappa shape index (κ1) is 18.6. The van der Waals surface area contributed by atoms with Crippen molar-refractivity contribution in [1.29, 1.82) is 0 Å². The number of rotatable bonds is 6.